The second-order valence-corrected chi connectivity index (χ2v) is 10.2. The molecule has 43 heavy (non-hydrogen) atoms. The van der Waals surface area contributed by atoms with Crippen LogP contribution in [-0.4, -0.2) is 66.3 Å². The molecule has 12 heteroatoms. The molecule has 2 aromatic carbocycles. The van der Waals surface area contributed by atoms with E-state index in [1.54, 1.807) is 42.7 Å². The first kappa shape index (κ1) is 30.9. The highest BCUT2D eigenvalue weighted by Gasteiger charge is 2.16. The molecule has 0 radical (unpaired) electrons. The maximum atomic E-state index is 12.2. The summed E-state index contributed by atoms with van der Waals surface area (Å²) in [6, 6.07) is 16.0. The van der Waals surface area contributed by atoms with Crippen molar-refractivity contribution >= 4 is 58.3 Å². The molecular weight excluding hydrogens is 568 g/mol. The van der Waals surface area contributed by atoms with Gasteiger partial charge in [-0.05, 0) is 68.7 Å². The van der Waals surface area contributed by atoms with Gasteiger partial charge >= 0.3 is 0 Å². The van der Waals surface area contributed by atoms with E-state index in [1.807, 2.05) is 55.2 Å². The second-order valence-electron chi connectivity index (χ2n) is 9.76. The standard InChI is InChI=1S/C31H33ClN8O3/c1-5-30(42)36-26-18-25(21(19-41)16-27(26)40(4)15-14-39(2)3)37-31-34-13-11-29(38-31)35-22-9-10-28(24(32)17-22)43-20-23-8-6-7-12-33-23/h5-13,16-19H,1,14-15,20H2,2-4H3,(H,36,42)(H2,34,35,37,38). The minimum absolute atomic E-state index is 0.240. The largest absolute Gasteiger partial charge is 0.486 e. The number of carbonyl (C=O) groups is 2. The van der Waals surface area contributed by atoms with Gasteiger partial charge in [-0.15, -0.1) is 0 Å². The van der Waals surface area contributed by atoms with E-state index in [-0.39, 0.29) is 11.9 Å². The molecule has 0 spiro atoms. The van der Waals surface area contributed by atoms with Crippen LogP contribution in [0.2, 0.25) is 5.02 Å². The number of nitrogens with zero attached hydrogens (tertiary/aromatic N) is 5. The summed E-state index contributed by atoms with van der Waals surface area (Å²) in [4.78, 5) is 41.4. The molecule has 0 aliphatic carbocycles. The summed E-state index contributed by atoms with van der Waals surface area (Å²) in [5.74, 6) is 0.883. The van der Waals surface area contributed by atoms with Crippen molar-refractivity contribution in [3.63, 3.8) is 0 Å². The lowest BCUT2D eigenvalue weighted by Crippen LogP contribution is -2.29. The Morgan fingerprint density at radius 1 is 1.00 bits per heavy atom. The molecule has 2 heterocycles. The van der Waals surface area contributed by atoms with E-state index in [9.17, 15) is 9.59 Å². The predicted molar refractivity (Wildman–Crippen MR) is 171 cm³/mol. The third kappa shape index (κ3) is 8.74. The van der Waals surface area contributed by atoms with Crippen molar-refractivity contribution in [1.29, 1.82) is 0 Å². The van der Waals surface area contributed by atoms with E-state index >= 15 is 0 Å². The average molecular weight is 601 g/mol. The minimum Gasteiger partial charge on any atom is -0.486 e. The summed E-state index contributed by atoms with van der Waals surface area (Å²) in [7, 11) is 5.85. The Morgan fingerprint density at radius 3 is 2.53 bits per heavy atom. The molecule has 0 unspecified atom stereocenters. The highest BCUT2D eigenvalue weighted by Crippen LogP contribution is 2.33. The normalized spacial score (nSPS) is 10.6. The molecule has 4 aromatic rings. The molecule has 0 fully saturated rings. The summed E-state index contributed by atoms with van der Waals surface area (Å²) < 4.78 is 5.80. The van der Waals surface area contributed by atoms with Crippen molar-refractivity contribution in [1.82, 2.24) is 19.9 Å². The predicted octanol–water partition coefficient (Wildman–Crippen LogP) is 5.53. The Morgan fingerprint density at radius 2 is 1.84 bits per heavy atom. The summed E-state index contributed by atoms with van der Waals surface area (Å²) >= 11 is 6.46. The Bertz CT molecular complexity index is 1580. The molecule has 3 N–H and O–H groups in total. The summed E-state index contributed by atoms with van der Waals surface area (Å²) in [5, 5.41) is 9.56. The van der Waals surface area contributed by atoms with Gasteiger partial charge in [0.1, 0.15) is 18.2 Å². The highest BCUT2D eigenvalue weighted by molar-refractivity contribution is 6.32. The Labute approximate surface area is 255 Å². The second kappa shape index (κ2) is 14.8. The van der Waals surface area contributed by atoms with Crippen LogP contribution in [-0.2, 0) is 11.4 Å². The molecule has 2 aromatic heterocycles. The average Bonchev–Trinajstić information content (AvgIpc) is 3.00. The lowest BCUT2D eigenvalue weighted by molar-refractivity contribution is -0.111. The van der Waals surface area contributed by atoms with Crippen LogP contribution in [0.25, 0.3) is 0 Å². The molecule has 4 rings (SSSR count). The monoisotopic (exact) mass is 600 g/mol. The number of benzene rings is 2. The number of amides is 1. The number of hydrogen-bond donors (Lipinski definition) is 3. The topological polar surface area (TPSA) is 125 Å². The van der Waals surface area contributed by atoms with Crippen molar-refractivity contribution < 1.29 is 14.3 Å². The maximum absolute atomic E-state index is 12.2. The fourth-order valence-electron chi connectivity index (χ4n) is 3.97. The number of aldehydes is 1. The van der Waals surface area contributed by atoms with Crippen LogP contribution in [0.4, 0.5) is 34.5 Å². The maximum Gasteiger partial charge on any atom is 0.247 e. The van der Waals surface area contributed by atoms with Gasteiger partial charge in [0.25, 0.3) is 0 Å². The molecule has 0 aliphatic rings. The number of ether oxygens (including phenoxy) is 1. The van der Waals surface area contributed by atoms with Crippen LogP contribution in [0.5, 0.6) is 5.75 Å². The van der Waals surface area contributed by atoms with E-state index in [0.29, 0.717) is 58.1 Å². The van der Waals surface area contributed by atoms with Crippen LogP contribution in [0, 0.1) is 0 Å². The first-order valence-corrected chi connectivity index (χ1v) is 13.8. The van der Waals surface area contributed by atoms with Gasteiger partial charge in [-0.2, -0.15) is 4.98 Å². The highest BCUT2D eigenvalue weighted by atomic mass is 35.5. The van der Waals surface area contributed by atoms with Crippen molar-refractivity contribution in [2.24, 2.45) is 0 Å². The van der Waals surface area contributed by atoms with Gasteiger partial charge in [-0.25, -0.2) is 4.98 Å². The van der Waals surface area contributed by atoms with Crippen molar-refractivity contribution in [2.75, 3.05) is 55.1 Å². The Balaban J connectivity index is 1.52. The molecule has 0 saturated carbocycles. The quantitative estimate of drug-likeness (QED) is 0.126. The van der Waals surface area contributed by atoms with Crippen LogP contribution in [0.3, 0.4) is 0 Å². The van der Waals surface area contributed by atoms with Gasteiger partial charge in [0.05, 0.1) is 27.8 Å². The lowest BCUT2D eigenvalue weighted by Gasteiger charge is -2.25. The van der Waals surface area contributed by atoms with E-state index in [1.165, 1.54) is 6.08 Å². The summed E-state index contributed by atoms with van der Waals surface area (Å²) in [6.45, 7) is 5.29. The fourth-order valence-corrected chi connectivity index (χ4v) is 4.20. The van der Waals surface area contributed by atoms with Crippen LogP contribution in [0.1, 0.15) is 16.1 Å². The molecule has 11 nitrogen and oxygen atoms in total. The number of rotatable bonds is 14. The van der Waals surface area contributed by atoms with E-state index in [2.05, 4.69) is 37.5 Å². The number of anilines is 6. The minimum atomic E-state index is -0.374. The van der Waals surface area contributed by atoms with Gasteiger partial charge in [-0.1, -0.05) is 24.2 Å². The van der Waals surface area contributed by atoms with Crippen LogP contribution >= 0.6 is 11.6 Å². The van der Waals surface area contributed by atoms with Crippen molar-refractivity contribution in [2.45, 2.75) is 6.61 Å². The zero-order valence-electron chi connectivity index (χ0n) is 24.2. The van der Waals surface area contributed by atoms with Crippen LogP contribution in [0.15, 0.2) is 79.6 Å². The number of likely N-dealkylation sites (N-methyl/N-ethyl adjacent to an activating group) is 2. The molecule has 1 amide bonds. The van der Waals surface area contributed by atoms with E-state index in [4.69, 9.17) is 16.3 Å². The van der Waals surface area contributed by atoms with Gasteiger partial charge in [0.15, 0.2) is 6.29 Å². The molecular formula is C31H33ClN8O3. The smallest absolute Gasteiger partial charge is 0.247 e. The number of carbonyl (C=O) groups excluding carboxylic acids is 2. The summed E-state index contributed by atoms with van der Waals surface area (Å²) in [5.41, 5.74) is 3.47. The van der Waals surface area contributed by atoms with Crippen LogP contribution < -0.4 is 25.6 Å². The molecule has 0 saturated heterocycles. The van der Waals surface area contributed by atoms with Gasteiger partial charge in [0.2, 0.25) is 11.9 Å². The number of nitrogens with one attached hydrogen (secondary N) is 3. The SMILES string of the molecule is C=CC(=O)Nc1cc(Nc2nccc(Nc3ccc(OCc4ccccn4)c(Cl)c3)n2)c(C=O)cc1N(C)CCN(C)C. The third-order valence-corrected chi connectivity index (χ3v) is 6.54. The first-order valence-electron chi connectivity index (χ1n) is 13.4. The lowest BCUT2D eigenvalue weighted by atomic mass is 10.1. The molecule has 0 aliphatic heterocycles. The zero-order valence-corrected chi connectivity index (χ0v) is 24.9. The Hall–Kier alpha value is -5.00. The van der Waals surface area contributed by atoms with Gasteiger partial charge in [-0.3, -0.25) is 14.6 Å². The number of aromatic nitrogens is 3. The van der Waals surface area contributed by atoms with Gasteiger partial charge in [0, 0.05) is 43.8 Å². The first-order chi connectivity index (χ1) is 20.7. The summed E-state index contributed by atoms with van der Waals surface area (Å²) in [6.07, 6.45) is 5.22. The van der Waals surface area contributed by atoms with E-state index in [0.717, 1.165) is 18.5 Å². The number of hydrogen-bond acceptors (Lipinski definition) is 10. The van der Waals surface area contributed by atoms with Crippen molar-refractivity contribution in [3.05, 3.63) is 95.9 Å². The fraction of sp³-hybridized carbons (Fsp3) is 0.194. The molecule has 0 atom stereocenters. The number of pyridine rings is 1. The molecule has 222 valence electrons. The van der Waals surface area contributed by atoms with Gasteiger partial charge < -0.3 is 30.5 Å². The number of halogens is 1. The zero-order chi connectivity index (χ0) is 30.8. The molecule has 0 bridgehead atoms. The van der Waals surface area contributed by atoms with Crippen molar-refractivity contribution in [3.8, 4) is 5.75 Å². The Kier molecular flexibility index (Phi) is 10.6. The third-order valence-electron chi connectivity index (χ3n) is 6.24. The van der Waals surface area contributed by atoms with E-state index < -0.39 is 0 Å².